The molecule has 3 aromatic carbocycles. The summed E-state index contributed by atoms with van der Waals surface area (Å²) in [4.78, 5) is 14.2. The number of benzene rings is 3. The third-order valence-corrected chi connectivity index (χ3v) is 11.7. The van der Waals surface area contributed by atoms with Gasteiger partial charge in [0.25, 0.3) is 0 Å². The molecule has 5 heterocycles. The van der Waals surface area contributed by atoms with Gasteiger partial charge in [0.1, 0.15) is 17.3 Å². The van der Waals surface area contributed by atoms with E-state index in [-0.39, 0.29) is 18.2 Å². The summed E-state index contributed by atoms with van der Waals surface area (Å²) in [6.07, 6.45) is 7.76. The Morgan fingerprint density at radius 1 is 0.887 bits per heavy atom. The van der Waals surface area contributed by atoms with Gasteiger partial charge in [-0.25, -0.2) is 4.98 Å². The first-order valence-electron chi connectivity index (χ1n) is 18.9. The number of anilines is 2. The van der Waals surface area contributed by atoms with Crippen LogP contribution < -0.4 is 5.32 Å². The number of likely N-dealkylation sites (tertiary alicyclic amines) is 2. The summed E-state index contributed by atoms with van der Waals surface area (Å²) in [6.45, 7) is 8.20. The van der Waals surface area contributed by atoms with Crippen molar-refractivity contribution in [3.05, 3.63) is 106 Å². The smallest absolute Gasteiger partial charge is 0.156 e. The molecule has 0 amide bonds. The fraction of sp³-hybridized carbons (Fsp3) is 0.341. The molecule has 3 atom stereocenters. The van der Waals surface area contributed by atoms with Gasteiger partial charge in [0.05, 0.1) is 17.8 Å². The number of aliphatic hydroxyl groups excluding tert-OH is 2. The average Bonchev–Trinajstić information content (AvgIpc) is 3.91. The highest BCUT2D eigenvalue weighted by Gasteiger charge is 2.33. The zero-order chi connectivity index (χ0) is 36.2. The van der Waals surface area contributed by atoms with Crippen LogP contribution in [0.1, 0.15) is 65.1 Å². The van der Waals surface area contributed by atoms with Gasteiger partial charge in [-0.15, -0.1) is 0 Å². The van der Waals surface area contributed by atoms with E-state index >= 15 is 0 Å². The lowest BCUT2D eigenvalue weighted by Gasteiger charge is -2.33. The summed E-state index contributed by atoms with van der Waals surface area (Å²) >= 11 is 0. The third kappa shape index (κ3) is 6.16. The zero-order valence-corrected chi connectivity index (χ0v) is 30.3. The van der Waals surface area contributed by atoms with Crippen molar-refractivity contribution in [3.63, 3.8) is 0 Å². The molecular formula is C44H44N6O3. The van der Waals surface area contributed by atoms with Crippen LogP contribution in [-0.2, 0) is 13.0 Å². The van der Waals surface area contributed by atoms with E-state index in [0.717, 1.165) is 118 Å². The molecule has 1 aliphatic carbocycles. The Balaban J connectivity index is 1.03. The van der Waals surface area contributed by atoms with Crippen molar-refractivity contribution in [1.82, 2.24) is 19.8 Å². The number of hydrogen-bond acceptors (Lipinski definition) is 9. The van der Waals surface area contributed by atoms with Crippen molar-refractivity contribution >= 4 is 33.4 Å². The van der Waals surface area contributed by atoms with Gasteiger partial charge in [-0.1, -0.05) is 30.3 Å². The minimum absolute atomic E-state index is 0.215. The predicted octanol–water partition coefficient (Wildman–Crippen LogP) is 7.95. The van der Waals surface area contributed by atoms with E-state index < -0.39 is 0 Å². The van der Waals surface area contributed by atoms with E-state index in [1.165, 1.54) is 5.56 Å². The first-order chi connectivity index (χ1) is 25.8. The summed E-state index contributed by atoms with van der Waals surface area (Å²) in [7, 11) is 0. The maximum atomic E-state index is 10.4. The Hall–Kier alpha value is -5.11. The molecular weight excluding hydrogens is 661 g/mol. The molecule has 3 N–H and O–H groups in total. The van der Waals surface area contributed by atoms with E-state index in [9.17, 15) is 15.5 Å². The highest BCUT2D eigenvalue weighted by atomic mass is 16.3. The highest BCUT2D eigenvalue weighted by molar-refractivity contribution is 5.93. The molecule has 2 saturated heterocycles. The Kier molecular flexibility index (Phi) is 8.71. The number of aliphatic hydroxyl groups is 2. The SMILES string of the molecule is Cc1c(Nc2nccc3cc(CN4CC[C@@H](O)C4)cnc23)cccc1-c1cccc(-c2cc3cc4c(c(C#N)c3o2)CCCC4N2CC[C@@H](O)C2)c1C. The van der Waals surface area contributed by atoms with Crippen LogP contribution >= 0.6 is 0 Å². The number of aromatic nitrogens is 2. The predicted molar refractivity (Wildman–Crippen MR) is 208 cm³/mol. The molecule has 9 heteroatoms. The Morgan fingerprint density at radius 3 is 2.47 bits per heavy atom. The van der Waals surface area contributed by atoms with Gasteiger partial charge >= 0.3 is 0 Å². The zero-order valence-electron chi connectivity index (χ0n) is 30.3. The number of nitriles is 1. The number of β-amino-alcohol motifs (C(OH)–C–C–N with tert-alkyl or cyclic N) is 2. The number of pyridine rings is 2. The minimum atomic E-state index is -0.280. The first kappa shape index (κ1) is 33.7. The quantitative estimate of drug-likeness (QED) is 0.152. The van der Waals surface area contributed by atoms with Gasteiger partial charge in [0.2, 0.25) is 0 Å². The largest absolute Gasteiger partial charge is 0.455 e. The van der Waals surface area contributed by atoms with Crippen LogP contribution in [-0.4, -0.2) is 68.4 Å². The van der Waals surface area contributed by atoms with E-state index in [2.05, 4.69) is 94.6 Å². The molecule has 9 nitrogen and oxygen atoms in total. The monoisotopic (exact) mass is 704 g/mol. The number of nitrogens with one attached hydrogen (secondary N) is 1. The Labute approximate surface area is 309 Å². The van der Waals surface area contributed by atoms with Crippen LogP contribution in [0.15, 0.2) is 77.5 Å². The number of nitrogens with zero attached hydrogens (tertiary/aromatic N) is 5. The molecule has 268 valence electrons. The van der Waals surface area contributed by atoms with Crippen molar-refractivity contribution in [2.24, 2.45) is 0 Å². The van der Waals surface area contributed by atoms with Crippen LogP contribution in [0.4, 0.5) is 11.5 Å². The van der Waals surface area contributed by atoms with Crippen molar-refractivity contribution in [3.8, 4) is 28.5 Å². The summed E-state index contributed by atoms with van der Waals surface area (Å²) in [5.41, 5.74) is 11.9. The Morgan fingerprint density at radius 2 is 1.68 bits per heavy atom. The van der Waals surface area contributed by atoms with Crippen LogP contribution in [0.2, 0.25) is 0 Å². The lowest BCUT2D eigenvalue weighted by Crippen LogP contribution is -2.30. The second-order valence-electron chi connectivity index (χ2n) is 15.1. The fourth-order valence-electron chi connectivity index (χ4n) is 9.00. The summed E-state index contributed by atoms with van der Waals surface area (Å²) in [5, 5.41) is 36.2. The maximum absolute atomic E-state index is 10.4. The van der Waals surface area contributed by atoms with Gasteiger partial charge in [-0.05, 0) is 115 Å². The second-order valence-corrected chi connectivity index (χ2v) is 15.1. The van der Waals surface area contributed by atoms with Gasteiger partial charge in [0.15, 0.2) is 11.4 Å². The number of fused-ring (bicyclic) bond motifs is 3. The van der Waals surface area contributed by atoms with Gasteiger partial charge < -0.3 is 19.9 Å². The second kappa shape index (κ2) is 13.7. The molecule has 53 heavy (non-hydrogen) atoms. The minimum Gasteiger partial charge on any atom is -0.455 e. The molecule has 0 radical (unpaired) electrons. The van der Waals surface area contributed by atoms with Crippen LogP contribution in [0, 0.1) is 25.2 Å². The van der Waals surface area contributed by atoms with Crippen LogP contribution in [0.3, 0.4) is 0 Å². The fourth-order valence-corrected chi connectivity index (χ4v) is 9.00. The molecule has 2 fully saturated rings. The summed E-state index contributed by atoms with van der Waals surface area (Å²) in [5.74, 6) is 1.46. The maximum Gasteiger partial charge on any atom is 0.156 e. The average molecular weight is 705 g/mol. The molecule has 6 aromatic rings. The molecule has 3 aliphatic rings. The van der Waals surface area contributed by atoms with Crippen molar-refractivity contribution in [2.75, 3.05) is 31.5 Å². The molecule has 0 saturated carbocycles. The normalized spacial score (nSPS) is 20.6. The van der Waals surface area contributed by atoms with E-state index in [0.29, 0.717) is 30.1 Å². The topological polar surface area (TPSA) is 122 Å². The number of hydrogen-bond donors (Lipinski definition) is 3. The lowest BCUT2D eigenvalue weighted by molar-refractivity contribution is 0.152. The molecule has 9 rings (SSSR count). The van der Waals surface area contributed by atoms with Crippen LogP contribution in [0.25, 0.3) is 44.3 Å². The van der Waals surface area contributed by atoms with Gasteiger partial charge in [-0.2, -0.15) is 5.26 Å². The van der Waals surface area contributed by atoms with Crippen molar-refractivity contribution in [2.45, 2.75) is 70.7 Å². The molecule has 1 unspecified atom stereocenters. The molecule has 3 aromatic heterocycles. The van der Waals surface area contributed by atoms with E-state index in [4.69, 9.17) is 9.40 Å². The van der Waals surface area contributed by atoms with E-state index in [1.54, 1.807) is 0 Å². The van der Waals surface area contributed by atoms with Crippen LogP contribution in [0.5, 0.6) is 0 Å². The van der Waals surface area contributed by atoms with Gasteiger partial charge in [-0.3, -0.25) is 14.8 Å². The number of rotatable bonds is 7. The van der Waals surface area contributed by atoms with Crippen molar-refractivity contribution in [1.29, 1.82) is 5.26 Å². The summed E-state index contributed by atoms with van der Waals surface area (Å²) in [6, 6.07) is 23.8. The van der Waals surface area contributed by atoms with Gasteiger partial charge in [0, 0.05) is 73.2 Å². The lowest BCUT2D eigenvalue weighted by atomic mass is 9.83. The molecule has 0 spiro atoms. The van der Waals surface area contributed by atoms with Crippen molar-refractivity contribution < 1.29 is 14.6 Å². The van der Waals surface area contributed by atoms with E-state index in [1.807, 2.05) is 18.5 Å². The highest BCUT2D eigenvalue weighted by Crippen LogP contribution is 2.43. The Bertz CT molecular complexity index is 2410. The third-order valence-electron chi connectivity index (χ3n) is 11.7. The summed E-state index contributed by atoms with van der Waals surface area (Å²) < 4.78 is 6.60. The first-order valence-corrected chi connectivity index (χ1v) is 18.9. The molecule has 2 aliphatic heterocycles. The molecule has 0 bridgehead atoms. The number of furan rings is 1. The standard InChI is InChI=1S/C44H44N6O3/c1-26-33(34-7-4-10-39(27(34)2)48-44-42-29(12-15-46-44)18-28(22-47-42)23-49-16-13-31(51)24-49)6-3-8-35(26)41-20-30-19-37-36(38(21-45)43(30)53-41)9-5-11-40(37)50-17-14-32(52)25-50/h3-4,6-8,10,12,15,18-20,22,31-32,40,51-52H,5,9,11,13-14,16-17,23-25H2,1-2H3,(H,46,48)/t31-,32-,40?/m1/s1.